The average Bonchev–Trinajstić information content (AvgIpc) is 2.85. The van der Waals surface area contributed by atoms with E-state index in [0.29, 0.717) is 5.16 Å². The lowest BCUT2D eigenvalue weighted by Gasteiger charge is -2.05. The van der Waals surface area contributed by atoms with Crippen LogP contribution in [0.2, 0.25) is 0 Å². The number of hydrogen-bond donors (Lipinski definition) is 3. The molecule has 0 unspecified atom stereocenters. The van der Waals surface area contributed by atoms with Crippen molar-refractivity contribution >= 4 is 28.6 Å². The Morgan fingerprint density at radius 1 is 1.19 bits per heavy atom. The van der Waals surface area contributed by atoms with Crippen molar-refractivity contribution < 1.29 is 8.78 Å². The third-order valence-electron chi connectivity index (χ3n) is 2.88. The molecule has 3 aromatic rings. The van der Waals surface area contributed by atoms with Gasteiger partial charge in [0.1, 0.15) is 17.5 Å². The topological polar surface area (TPSA) is 78.6 Å². The molecular formula is C14H10F2N4S. The van der Waals surface area contributed by atoms with Gasteiger partial charge in [-0.1, -0.05) is 12.1 Å². The third-order valence-corrected chi connectivity index (χ3v) is 3.86. The molecule has 21 heavy (non-hydrogen) atoms. The molecule has 0 fully saturated rings. The molecule has 7 heteroatoms. The zero-order chi connectivity index (χ0) is 15.0. The Hall–Kier alpha value is -2.41. The second-order valence-corrected chi connectivity index (χ2v) is 5.34. The van der Waals surface area contributed by atoms with Crippen molar-refractivity contribution in [2.24, 2.45) is 5.73 Å². The molecule has 1 heterocycles. The van der Waals surface area contributed by atoms with E-state index in [2.05, 4.69) is 9.97 Å². The first-order valence-electron chi connectivity index (χ1n) is 6.00. The van der Waals surface area contributed by atoms with Crippen LogP contribution in [0.5, 0.6) is 0 Å². The molecule has 4 nitrogen and oxygen atoms in total. The smallest absolute Gasteiger partial charge is 0.171 e. The first-order chi connectivity index (χ1) is 10.0. The van der Waals surface area contributed by atoms with Gasteiger partial charge in [-0.3, -0.25) is 5.41 Å². The molecule has 0 atom stereocenters. The maximum atomic E-state index is 14.0. The zero-order valence-electron chi connectivity index (χ0n) is 10.7. The van der Waals surface area contributed by atoms with Gasteiger partial charge in [-0.25, -0.2) is 13.8 Å². The average molecular weight is 304 g/mol. The molecule has 106 valence electrons. The second kappa shape index (κ2) is 5.17. The van der Waals surface area contributed by atoms with Crippen LogP contribution in [0.25, 0.3) is 11.0 Å². The number of aromatic amines is 1. The van der Waals surface area contributed by atoms with Crippen molar-refractivity contribution in [3.63, 3.8) is 0 Å². The van der Waals surface area contributed by atoms with Crippen molar-refractivity contribution in [1.82, 2.24) is 9.97 Å². The molecule has 4 N–H and O–H groups in total. The number of H-pyrrole nitrogens is 1. The number of para-hydroxylation sites is 2. The fourth-order valence-electron chi connectivity index (χ4n) is 1.89. The zero-order valence-corrected chi connectivity index (χ0v) is 11.5. The first kappa shape index (κ1) is 13.6. The Labute approximate surface area is 122 Å². The molecule has 1 aromatic heterocycles. The fourth-order valence-corrected chi connectivity index (χ4v) is 2.70. The quantitative estimate of drug-likeness (QED) is 0.513. The number of nitrogens with one attached hydrogen (secondary N) is 2. The van der Waals surface area contributed by atoms with Crippen LogP contribution in [0.3, 0.4) is 0 Å². The Balaban J connectivity index is 1.99. The molecule has 0 amide bonds. The van der Waals surface area contributed by atoms with Crippen LogP contribution in [0.15, 0.2) is 46.5 Å². The highest BCUT2D eigenvalue weighted by Crippen LogP contribution is 2.32. The molecule has 0 aliphatic carbocycles. The summed E-state index contributed by atoms with van der Waals surface area (Å²) in [5.74, 6) is -1.93. The number of fused-ring (bicyclic) bond motifs is 1. The highest BCUT2D eigenvalue weighted by molar-refractivity contribution is 7.99. The predicted octanol–water partition coefficient (Wildman–Crippen LogP) is 3.28. The van der Waals surface area contributed by atoms with Gasteiger partial charge >= 0.3 is 0 Å². The predicted molar refractivity (Wildman–Crippen MR) is 77.6 cm³/mol. The Morgan fingerprint density at radius 2 is 1.86 bits per heavy atom. The molecule has 0 aliphatic rings. The number of nitrogens with zero attached hydrogens (tertiary/aromatic N) is 1. The summed E-state index contributed by atoms with van der Waals surface area (Å²) in [6.07, 6.45) is 0. The molecule has 0 bridgehead atoms. The van der Waals surface area contributed by atoms with Gasteiger partial charge in [-0.2, -0.15) is 0 Å². The van der Waals surface area contributed by atoms with Gasteiger partial charge in [0.25, 0.3) is 0 Å². The Morgan fingerprint density at radius 3 is 2.48 bits per heavy atom. The fraction of sp³-hybridized carbons (Fsp3) is 0. The molecule has 0 radical (unpaired) electrons. The number of nitrogen functional groups attached to an aromatic ring is 1. The van der Waals surface area contributed by atoms with Gasteiger partial charge in [0.2, 0.25) is 0 Å². The van der Waals surface area contributed by atoms with E-state index < -0.39 is 11.6 Å². The maximum Gasteiger partial charge on any atom is 0.171 e. The normalized spacial score (nSPS) is 11.0. The highest BCUT2D eigenvalue weighted by Gasteiger charge is 2.15. The number of hydrogen-bond acceptors (Lipinski definition) is 3. The van der Waals surface area contributed by atoms with Crippen molar-refractivity contribution in [3.05, 3.63) is 53.6 Å². The van der Waals surface area contributed by atoms with E-state index in [1.54, 1.807) is 0 Å². The molecular weight excluding hydrogens is 294 g/mol. The van der Waals surface area contributed by atoms with E-state index in [1.807, 2.05) is 24.3 Å². The van der Waals surface area contributed by atoms with Crippen LogP contribution in [-0.4, -0.2) is 15.8 Å². The summed E-state index contributed by atoms with van der Waals surface area (Å²) in [7, 11) is 0. The summed E-state index contributed by atoms with van der Waals surface area (Å²) in [5, 5.41) is 7.61. The van der Waals surface area contributed by atoms with Crippen LogP contribution >= 0.6 is 11.8 Å². The lowest BCUT2D eigenvalue weighted by atomic mass is 10.2. The summed E-state index contributed by atoms with van der Waals surface area (Å²) in [6, 6.07) is 9.39. The maximum absolute atomic E-state index is 14.0. The van der Waals surface area contributed by atoms with Crippen molar-refractivity contribution in [3.8, 4) is 0 Å². The van der Waals surface area contributed by atoms with Crippen LogP contribution in [-0.2, 0) is 0 Å². The van der Waals surface area contributed by atoms with Gasteiger partial charge < -0.3 is 10.7 Å². The first-order valence-corrected chi connectivity index (χ1v) is 6.82. The summed E-state index contributed by atoms with van der Waals surface area (Å²) < 4.78 is 27.9. The van der Waals surface area contributed by atoms with E-state index in [9.17, 15) is 8.78 Å². The van der Waals surface area contributed by atoms with E-state index in [-0.39, 0.29) is 16.3 Å². The van der Waals surface area contributed by atoms with E-state index in [1.165, 1.54) is 0 Å². The van der Waals surface area contributed by atoms with Gasteiger partial charge in [-0.05, 0) is 36.0 Å². The number of aromatic nitrogens is 2. The van der Waals surface area contributed by atoms with E-state index in [0.717, 1.165) is 34.9 Å². The summed E-state index contributed by atoms with van der Waals surface area (Å²) in [6.45, 7) is 0. The van der Waals surface area contributed by atoms with Crippen LogP contribution in [0.4, 0.5) is 8.78 Å². The van der Waals surface area contributed by atoms with Gasteiger partial charge in [0.05, 0.1) is 15.9 Å². The number of nitrogens with two attached hydrogens (primary N) is 1. The van der Waals surface area contributed by atoms with Gasteiger partial charge in [-0.15, -0.1) is 0 Å². The number of amidine groups is 1. The molecule has 0 aliphatic heterocycles. The lowest BCUT2D eigenvalue weighted by Crippen LogP contribution is -2.12. The highest BCUT2D eigenvalue weighted by atomic mass is 32.2. The third kappa shape index (κ3) is 2.59. The van der Waals surface area contributed by atoms with Crippen LogP contribution < -0.4 is 5.73 Å². The van der Waals surface area contributed by atoms with E-state index >= 15 is 0 Å². The second-order valence-electron chi connectivity index (χ2n) is 4.34. The molecule has 2 aromatic carbocycles. The molecule has 0 saturated heterocycles. The van der Waals surface area contributed by atoms with Crippen LogP contribution in [0.1, 0.15) is 5.56 Å². The van der Waals surface area contributed by atoms with Crippen LogP contribution in [0, 0.1) is 17.0 Å². The standard InChI is InChI=1S/C14H10F2N4S/c15-8-5-7(13(17)18)6-9(16)12(8)21-14-19-10-3-1-2-4-11(10)20-14/h1-6H,(H3,17,18)(H,19,20). The largest absolute Gasteiger partial charge is 0.384 e. The minimum Gasteiger partial charge on any atom is -0.384 e. The number of rotatable bonds is 3. The van der Waals surface area contributed by atoms with Crippen molar-refractivity contribution in [2.75, 3.05) is 0 Å². The SMILES string of the molecule is N=C(N)c1cc(F)c(Sc2nc3ccccc3[nH]2)c(F)c1. The lowest BCUT2D eigenvalue weighted by molar-refractivity contribution is 0.539. The van der Waals surface area contributed by atoms with Crippen molar-refractivity contribution in [1.29, 1.82) is 5.41 Å². The monoisotopic (exact) mass is 304 g/mol. The minimum atomic E-state index is -0.773. The molecule has 3 rings (SSSR count). The number of halogens is 2. The number of benzene rings is 2. The van der Waals surface area contributed by atoms with Gasteiger partial charge in [0.15, 0.2) is 5.16 Å². The summed E-state index contributed by atoms with van der Waals surface area (Å²) in [5.41, 5.74) is 6.76. The summed E-state index contributed by atoms with van der Waals surface area (Å²) in [4.78, 5) is 7.06. The Kier molecular flexibility index (Phi) is 3.34. The van der Waals surface area contributed by atoms with E-state index in [4.69, 9.17) is 11.1 Å². The Bertz CT molecular complexity index is 788. The molecule has 0 saturated carbocycles. The number of imidazole rings is 1. The van der Waals surface area contributed by atoms with Gasteiger partial charge in [0, 0.05) is 5.56 Å². The summed E-state index contributed by atoms with van der Waals surface area (Å²) >= 11 is 0.859. The van der Waals surface area contributed by atoms with Crippen molar-refractivity contribution in [2.45, 2.75) is 10.1 Å². The molecule has 0 spiro atoms. The minimum absolute atomic E-state index is 0.0129.